The number of aromatic nitrogens is 2. The van der Waals surface area contributed by atoms with Crippen molar-refractivity contribution in [2.45, 2.75) is 77.9 Å². The first-order chi connectivity index (χ1) is 21.3. The van der Waals surface area contributed by atoms with Gasteiger partial charge in [0.05, 0.1) is 0 Å². The second-order valence-corrected chi connectivity index (χ2v) is 15.5. The van der Waals surface area contributed by atoms with E-state index >= 15 is 0 Å². The number of nitrogens with zero attached hydrogens (tertiary/aromatic N) is 2. The molecule has 2 heterocycles. The molecule has 2 saturated carbocycles. The summed E-state index contributed by atoms with van der Waals surface area (Å²) in [6, 6.07) is 3.14. The van der Waals surface area contributed by atoms with Crippen molar-refractivity contribution < 1.29 is 24.0 Å². The molecule has 2 bridgehead atoms. The second-order valence-electron chi connectivity index (χ2n) is 11.9. The summed E-state index contributed by atoms with van der Waals surface area (Å²) in [6.07, 6.45) is 7.37. The number of Topliss-reactive ketones (excluding diaryl/α,β-unsaturated/α-hetero) is 1. The molecule has 0 aromatic carbocycles. The molecule has 0 saturated heterocycles. The smallest absolute Gasteiger partial charge is 0.287 e. The number of anilines is 1. The number of hydrogen-bond donors (Lipinski definition) is 4. The topological polar surface area (TPSA) is 168 Å². The standard InChI is InChI=1S/C19H27N3O3.C11H13Br2N3O3S/c1-12-6-14-8-13(2)18(15(7-12)9-14)21-17(24)10-22-5-3-4-16(19(22)25)20-11-23;1-5(3-4-6(17)9(18)14-2)15-10(19)7-8(12)20-11(13)16-7/h3-5,11-15,18H,6-10H2,1-2H3,(H,20,23)(H,21,24);5H,3-4H2,1-2H3,(H,14,18)(H,15,19). The van der Waals surface area contributed by atoms with Gasteiger partial charge in [0.25, 0.3) is 17.4 Å². The normalized spacial score (nSPS) is 22.6. The molecule has 0 spiro atoms. The SMILES string of the molecule is CC1CC2CC(C)C(NC(=O)Cn3cccc(NC=O)c3=O)C(C1)C2.CNC(=O)C(=O)CCC(C)NC(=O)c1nc(Br)sc1Br. The Hall–Kier alpha value is -2.91. The Balaban J connectivity index is 0.000000253. The van der Waals surface area contributed by atoms with Gasteiger partial charge < -0.3 is 25.8 Å². The van der Waals surface area contributed by atoms with Gasteiger partial charge in [-0.05, 0) is 107 Å². The summed E-state index contributed by atoms with van der Waals surface area (Å²) < 4.78 is 2.58. The number of hydrogen-bond acceptors (Lipinski definition) is 8. The van der Waals surface area contributed by atoms with Crippen molar-refractivity contribution in [1.29, 1.82) is 0 Å². The number of nitrogens with one attached hydrogen (secondary N) is 4. The molecule has 4 N–H and O–H groups in total. The van der Waals surface area contributed by atoms with Crippen LogP contribution >= 0.6 is 43.2 Å². The van der Waals surface area contributed by atoms with Crippen LogP contribution in [0, 0.1) is 23.7 Å². The van der Waals surface area contributed by atoms with E-state index < -0.39 is 11.7 Å². The summed E-state index contributed by atoms with van der Waals surface area (Å²) in [7, 11) is 1.41. The van der Waals surface area contributed by atoms with Crippen molar-refractivity contribution in [3.8, 4) is 0 Å². The van der Waals surface area contributed by atoms with Crippen LogP contribution in [0.5, 0.6) is 0 Å². The van der Waals surface area contributed by atoms with E-state index in [0.717, 1.165) is 11.8 Å². The molecule has 0 aliphatic heterocycles. The lowest BCUT2D eigenvalue weighted by molar-refractivity contribution is -0.137. The minimum absolute atomic E-state index is 0.0257. The highest BCUT2D eigenvalue weighted by molar-refractivity contribution is 9.12. The molecule has 12 nitrogen and oxygen atoms in total. The molecule has 2 aromatic rings. The van der Waals surface area contributed by atoms with Crippen LogP contribution in [-0.2, 0) is 25.7 Å². The summed E-state index contributed by atoms with van der Waals surface area (Å²) in [5.74, 6) is 0.967. The fourth-order valence-electron chi connectivity index (χ4n) is 6.29. The molecular weight excluding hydrogens is 732 g/mol. The van der Waals surface area contributed by atoms with Crippen molar-refractivity contribution in [3.63, 3.8) is 0 Å². The highest BCUT2D eigenvalue weighted by Crippen LogP contribution is 2.44. The zero-order chi connectivity index (χ0) is 33.3. The van der Waals surface area contributed by atoms with E-state index in [9.17, 15) is 28.8 Å². The average molecular weight is 773 g/mol. The molecule has 0 radical (unpaired) electrons. The van der Waals surface area contributed by atoms with Crippen molar-refractivity contribution in [3.05, 3.63) is 42.1 Å². The maximum Gasteiger partial charge on any atom is 0.287 e. The predicted molar refractivity (Wildman–Crippen MR) is 179 cm³/mol. The summed E-state index contributed by atoms with van der Waals surface area (Å²) >= 11 is 7.76. The van der Waals surface area contributed by atoms with Crippen molar-refractivity contribution in [2.24, 2.45) is 23.7 Å². The van der Waals surface area contributed by atoms with Crippen LogP contribution in [-0.4, -0.2) is 58.6 Å². The molecule has 2 aliphatic rings. The third-order valence-electron chi connectivity index (χ3n) is 8.22. The van der Waals surface area contributed by atoms with Crippen LogP contribution in [0.25, 0.3) is 0 Å². The molecule has 2 aromatic heterocycles. The summed E-state index contributed by atoms with van der Waals surface area (Å²) in [6.45, 7) is 6.27. The van der Waals surface area contributed by atoms with Gasteiger partial charge in [-0.2, -0.15) is 0 Å². The van der Waals surface area contributed by atoms with Gasteiger partial charge in [-0.25, -0.2) is 4.98 Å². The van der Waals surface area contributed by atoms with Crippen LogP contribution in [0.2, 0.25) is 0 Å². The quantitative estimate of drug-likeness (QED) is 0.199. The van der Waals surface area contributed by atoms with E-state index in [0.29, 0.717) is 38.1 Å². The highest BCUT2D eigenvalue weighted by atomic mass is 79.9. The van der Waals surface area contributed by atoms with E-state index in [4.69, 9.17) is 0 Å². The van der Waals surface area contributed by atoms with E-state index in [1.54, 1.807) is 19.2 Å². The number of thiazole rings is 1. The van der Waals surface area contributed by atoms with Crippen LogP contribution in [0.3, 0.4) is 0 Å². The molecule has 6 atom stereocenters. The molecule has 2 fully saturated rings. The Kier molecular flexibility index (Phi) is 13.9. The number of amides is 4. The van der Waals surface area contributed by atoms with Crippen LogP contribution in [0.4, 0.5) is 5.69 Å². The first-order valence-electron chi connectivity index (χ1n) is 14.9. The number of fused-ring (bicyclic) bond motifs is 2. The van der Waals surface area contributed by atoms with Gasteiger partial charge in [-0.1, -0.05) is 25.2 Å². The largest absolute Gasteiger partial charge is 0.353 e. The number of carbonyl (C=O) groups excluding carboxylic acids is 5. The minimum Gasteiger partial charge on any atom is -0.353 e. The molecule has 4 amide bonds. The summed E-state index contributed by atoms with van der Waals surface area (Å²) in [5, 5.41) is 10.6. The molecule has 15 heteroatoms. The van der Waals surface area contributed by atoms with Gasteiger partial charge in [0.1, 0.15) is 16.0 Å². The zero-order valence-electron chi connectivity index (χ0n) is 25.7. The fourth-order valence-corrected chi connectivity index (χ4v) is 8.85. The monoisotopic (exact) mass is 770 g/mol. The number of likely N-dealkylation sites (N-methyl/N-ethyl adjacent to an activating group) is 1. The maximum absolute atomic E-state index is 12.5. The minimum atomic E-state index is -0.616. The summed E-state index contributed by atoms with van der Waals surface area (Å²) in [4.78, 5) is 73.7. The molecule has 2 aliphatic carbocycles. The van der Waals surface area contributed by atoms with Gasteiger partial charge in [0.15, 0.2) is 9.61 Å². The van der Waals surface area contributed by atoms with Gasteiger partial charge in [-0.15, -0.1) is 0 Å². The second kappa shape index (κ2) is 17.1. The van der Waals surface area contributed by atoms with Crippen molar-refractivity contribution in [2.75, 3.05) is 12.4 Å². The van der Waals surface area contributed by atoms with Gasteiger partial charge in [0.2, 0.25) is 18.1 Å². The van der Waals surface area contributed by atoms with Crippen LogP contribution in [0.1, 0.15) is 69.8 Å². The van der Waals surface area contributed by atoms with E-state index in [1.807, 2.05) is 0 Å². The fraction of sp³-hybridized carbons (Fsp3) is 0.567. The van der Waals surface area contributed by atoms with Crippen LogP contribution in [0.15, 0.2) is 30.8 Å². The third kappa shape index (κ3) is 10.6. The Morgan fingerprint density at radius 1 is 1.16 bits per heavy atom. The number of halogens is 2. The van der Waals surface area contributed by atoms with E-state index in [-0.39, 0.29) is 48.1 Å². The highest BCUT2D eigenvalue weighted by Gasteiger charge is 2.40. The Morgan fingerprint density at radius 2 is 1.89 bits per heavy atom. The van der Waals surface area contributed by atoms with Gasteiger partial charge in [-0.3, -0.25) is 28.8 Å². The Morgan fingerprint density at radius 3 is 2.53 bits per heavy atom. The molecule has 6 unspecified atom stereocenters. The van der Waals surface area contributed by atoms with Crippen LogP contribution < -0.4 is 26.8 Å². The van der Waals surface area contributed by atoms with E-state index in [1.165, 1.54) is 54.7 Å². The number of carbonyl (C=O) groups is 5. The maximum atomic E-state index is 12.5. The molecular formula is C30H40Br2N6O6S. The Bertz CT molecular complexity index is 1440. The van der Waals surface area contributed by atoms with Crippen molar-refractivity contribution >= 4 is 78.8 Å². The zero-order valence-corrected chi connectivity index (χ0v) is 29.7. The lowest BCUT2D eigenvalue weighted by Crippen LogP contribution is -2.51. The Labute approximate surface area is 283 Å². The number of pyridine rings is 1. The van der Waals surface area contributed by atoms with Gasteiger partial charge in [0, 0.05) is 31.7 Å². The lowest BCUT2D eigenvalue weighted by atomic mass is 9.63. The van der Waals surface area contributed by atoms with E-state index in [2.05, 4.69) is 72.0 Å². The van der Waals surface area contributed by atoms with Gasteiger partial charge >= 0.3 is 0 Å². The third-order valence-corrected chi connectivity index (χ3v) is 10.4. The average Bonchev–Trinajstić information content (AvgIpc) is 3.33. The predicted octanol–water partition coefficient (Wildman–Crippen LogP) is 3.88. The molecule has 246 valence electrons. The first kappa shape index (κ1) is 36.6. The number of rotatable bonds is 11. The molecule has 45 heavy (non-hydrogen) atoms. The summed E-state index contributed by atoms with van der Waals surface area (Å²) in [5.41, 5.74) is 0.111. The number of ketones is 1. The molecule has 4 rings (SSSR count). The lowest BCUT2D eigenvalue weighted by Gasteiger charge is -2.46. The first-order valence-corrected chi connectivity index (χ1v) is 17.3. The van der Waals surface area contributed by atoms with Crippen molar-refractivity contribution in [1.82, 2.24) is 25.5 Å².